The number of nitrogens with zero attached hydrogens (tertiary/aromatic N) is 1. The molecular weight excluding hydrogens is 335 g/mol. The molecule has 0 aliphatic carbocycles. The van der Waals surface area contributed by atoms with E-state index in [4.69, 9.17) is 0 Å². The van der Waals surface area contributed by atoms with Crippen LogP contribution in [0.5, 0.6) is 0 Å². The molecule has 3 rings (SSSR count). The van der Waals surface area contributed by atoms with Crippen molar-refractivity contribution in [3.63, 3.8) is 0 Å². The fourth-order valence-corrected chi connectivity index (χ4v) is 2.46. The molecule has 128 valence electrons. The van der Waals surface area contributed by atoms with E-state index in [2.05, 4.69) is 4.74 Å². The summed E-state index contributed by atoms with van der Waals surface area (Å²) in [7, 11) is 0. The largest absolute Gasteiger partial charge is 0.452 e. The van der Waals surface area contributed by atoms with Crippen LogP contribution in [-0.2, 0) is 4.74 Å². The molecule has 0 bridgehead atoms. The summed E-state index contributed by atoms with van der Waals surface area (Å²) in [5.74, 6) is -1.14. The number of fused-ring (bicyclic) bond motifs is 1. The highest BCUT2D eigenvalue weighted by Crippen LogP contribution is 2.20. The smallest absolute Gasteiger partial charge is 0.422 e. The van der Waals surface area contributed by atoms with E-state index >= 15 is 0 Å². The van der Waals surface area contributed by atoms with Gasteiger partial charge in [0.1, 0.15) is 0 Å². The monoisotopic (exact) mass is 347 g/mol. The van der Waals surface area contributed by atoms with E-state index in [1.807, 2.05) is 0 Å². The van der Waals surface area contributed by atoms with Gasteiger partial charge in [0, 0.05) is 22.7 Å². The summed E-state index contributed by atoms with van der Waals surface area (Å²) in [6.07, 6.45) is -3.42. The third-order valence-electron chi connectivity index (χ3n) is 3.55. The third kappa shape index (κ3) is 3.55. The van der Waals surface area contributed by atoms with Crippen LogP contribution in [-0.4, -0.2) is 23.3 Å². The first-order chi connectivity index (χ1) is 11.9. The Bertz CT molecular complexity index is 978. The lowest BCUT2D eigenvalue weighted by Gasteiger charge is -2.13. The zero-order valence-corrected chi connectivity index (χ0v) is 12.8. The summed E-state index contributed by atoms with van der Waals surface area (Å²) in [6, 6.07) is 14.7. The molecule has 7 heteroatoms. The molecule has 3 aromatic rings. The first-order valence-electron chi connectivity index (χ1n) is 7.30. The second kappa shape index (κ2) is 6.43. The summed E-state index contributed by atoms with van der Waals surface area (Å²) in [5.41, 5.74) is 0.000555. The summed E-state index contributed by atoms with van der Waals surface area (Å²) in [5, 5.41) is 0.458. The maximum Gasteiger partial charge on any atom is 0.422 e. The van der Waals surface area contributed by atoms with Crippen LogP contribution in [0.2, 0.25) is 0 Å². The highest BCUT2D eigenvalue weighted by molar-refractivity contribution is 6.04. The Labute approximate surface area is 140 Å². The molecule has 0 atom stereocenters. The molecule has 0 aliphatic heterocycles. The van der Waals surface area contributed by atoms with Crippen LogP contribution < -0.4 is 5.56 Å². The van der Waals surface area contributed by atoms with Crippen molar-refractivity contribution < 1.29 is 22.7 Å². The molecule has 0 radical (unpaired) electrons. The van der Waals surface area contributed by atoms with Gasteiger partial charge >= 0.3 is 12.1 Å². The minimum atomic E-state index is -4.63. The Morgan fingerprint density at radius 1 is 0.960 bits per heavy atom. The number of alkyl halides is 3. The van der Waals surface area contributed by atoms with Crippen LogP contribution in [0.1, 0.15) is 10.4 Å². The number of ether oxygens (including phenoxy) is 1. The number of hydrogen-bond donors (Lipinski definition) is 0. The number of carbonyl (C=O) groups is 1. The number of carbonyl (C=O) groups excluding carboxylic acids is 1. The Balaban J connectivity index is 2.16. The number of halogens is 3. The highest BCUT2D eigenvalue weighted by atomic mass is 19.4. The van der Waals surface area contributed by atoms with Gasteiger partial charge in [0.2, 0.25) is 0 Å². The number of rotatable bonds is 3. The van der Waals surface area contributed by atoms with Gasteiger partial charge in [-0.05, 0) is 18.2 Å². The molecule has 0 unspecified atom stereocenters. The van der Waals surface area contributed by atoms with Gasteiger partial charge in [-0.1, -0.05) is 36.4 Å². The lowest BCUT2D eigenvalue weighted by Crippen LogP contribution is -2.24. The van der Waals surface area contributed by atoms with Crippen LogP contribution in [0, 0.1) is 0 Å². The fraction of sp³-hybridized carbons (Fsp3) is 0.111. The first-order valence-corrected chi connectivity index (χ1v) is 7.30. The van der Waals surface area contributed by atoms with Gasteiger partial charge in [0.05, 0.1) is 5.56 Å². The predicted molar refractivity (Wildman–Crippen MR) is 85.9 cm³/mol. The van der Waals surface area contributed by atoms with Crippen molar-refractivity contribution in [2.24, 2.45) is 0 Å². The topological polar surface area (TPSA) is 48.3 Å². The summed E-state index contributed by atoms with van der Waals surface area (Å²) in [6.45, 7) is -1.69. The average Bonchev–Trinajstić information content (AvgIpc) is 2.60. The zero-order valence-electron chi connectivity index (χ0n) is 12.8. The number of hydrogen-bond acceptors (Lipinski definition) is 3. The maximum atomic E-state index is 12.7. The Morgan fingerprint density at radius 3 is 2.20 bits per heavy atom. The van der Waals surface area contributed by atoms with E-state index < -0.39 is 18.8 Å². The van der Waals surface area contributed by atoms with E-state index in [0.29, 0.717) is 5.69 Å². The molecule has 0 aliphatic rings. The second-order valence-electron chi connectivity index (χ2n) is 5.29. The molecule has 0 amide bonds. The molecule has 1 aromatic heterocycles. The van der Waals surface area contributed by atoms with Crippen LogP contribution in [0.25, 0.3) is 16.5 Å². The molecule has 0 spiro atoms. The molecule has 0 saturated carbocycles. The van der Waals surface area contributed by atoms with Gasteiger partial charge < -0.3 is 4.74 Å². The van der Waals surface area contributed by atoms with Gasteiger partial charge in [-0.2, -0.15) is 13.2 Å². The fourth-order valence-electron chi connectivity index (χ4n) is 2.46. The lowest BCUT2D eigenvalue weighted by atomic mass is 10.1. The Kier molecular flexibility index (Phi) is 4.31. The van der Waals surface area contributed by atoms with Crippen molar-refractivity contribution in [2.45, 2.75) is 6.18 Å². The van der Waals surface area contributed by atoms with Gasteiger partial charge in [-0.25, -0.2) is 4.79 Å². The predicted octanol–water partition coefficient (Wildman–Crippen LogP) is 3.71. The van der Waals surface area contributed by atoms with Crippen molar-refractivity contribution in [3.8, 4) is 5.69 Å². The SMILES string of the molecule is O=C(OCC(F)(F)F)c1cn(-c2ccccc2)c(=O)c2ccccc12. The van der Waals surface area contributed by atoms with Crippen LogP contribution >= 0.6 is 0 Å². The Hall–Kier alpha value is -3.09. The van der Waals surface area contributed by atoms with Gasteiger partial charge in [-0.3, -0.25) is 9.36 Å². The molecule has 1 heterocycles. The van der Waals surface area contributed by atoms with Crippen molar-refractivity contribution in [1.82, 2.24) is 4.57 Å². The van der Waals surface area contributed by atoms with E-state index in [-0.39, 0.29) is 21.9 Å². The van der Waals surface area contributed by atoms with Crippen LogP contribution in [0.15, 0.2) is 65.6 Å². The highest BCUT2D eigenvalue weighted by Gasteiger charge is 2.30. The van der Waals surface area contributed by atoms with Gasteiger partial charge in [-0.15, -0.1) is 0 Å². The van der Waals surface area contributed by atoms with Gasteiger partial charge in [0.15, 0.2) is 6.61 Å². The first kappa shape index (κ1) is 16.8. The third-order valence-corrected chi connectivity index (χ3v) is 3.55. The summed E-state index contributed by atoms with van der Waals surface area (Å²) >= 11 is 0. The second-order valence-corrected chi connectivity index (χ2v) is 5.29. The van der Waals surface area contributed by atoms with E-state index in [1.54, 1.807) is 42.5 Å². The number of esters is 1. The van der Waals surface area contributed by atoms with E-state index in [9.17, 15) is 22.8 Å². The number of para-hydroxylation sites is 1. The van der Waals surface area contributed by atoms with E-state index in [0.717, 1.165) is 0 Å². The molecular formula is C18H12F3NO3. The molecule has 0 N–H and O–H groups in total. The van der Waals surface area contributed by atoms with E-state index in [1.165, 1.54) is 22.9 Å². The molecule has 0 fully saturated rings. The van der Waals surface area contributed by atoms with Crippen LogP contribution in [0.3, 0.4) is 0 Å². The minimum Gasteiger partial charge on any atom is -0.452 e. The summed E-state index contributed by atoms with van der Waals surface area (Å²) < 4.78 is 42.5. The van der Waals surface area contributed by atoms with Crippen molar-refractivity contribution in [2.75, 3.05) is 6.61 Å². The molecule has 2 aromatic carbocycles. The van der Waals surface area contributed by atoms with Crippen LogP contribution in [0.4, 0.5) is 13.2 Å². The quantitative estimate of drug-likeness (QED) is 0.679. The standard InChI is InChI=1S/C18H12F3NO3/c19-18(20,21)11-25-17(24)15-10-22(12-6-2-1-3-7-12)16(23)14-9-5-4-8-13(14)15/h1-10H,11H2. The average molecular weight is 347 g/mol. The summed E-state index contributed by atoms with van der Waals surface area (Å²) in [4.78, 5) is 24.8. The number of aromatic nitrogens is 1. The van der Waals surface area contributed by atoms with Gasteiger partial charge in [0.25, 0.3) is 5.56 Å². The zero-order chi connectivity index (χ0) is 18.0. The van der Waals surface area contributed by atoms with Crippen molar-refractivity contribution in [3.05, 3.63) is 76.7 Å². The Morgan fingerprint density at radius 2 is 1.56 bits per heavy atom. The molecule has 25 heavy (non-hydrogen) atoms. The number of pyridine rings is 1. The van der Waals surface area contributed by atoms with Crippen molar-refractivity contribution in [1.29, 1.82) is 0 Å². The normalized spacial score (nSPS) is 11.5. The minimum absolute atomic E-state index is 0.108. The van der Waals surface area contributed by atoms with Crippen molar-refractivity contribution >= 4 is 16.7 Å². The molecule has 0 saturated heterocycles. The lowest BCUT2D eigenvalue weighted by molar-refractivity contribution is -0.161. The number of benzene rings is 2. The molecule has 4 nitrogen and oxygen atoms in total. The maximum absolute atomic E-state index is 12.7.